The van der Waals surface area contributed by atoms with Crippen molar-refractivity contribution in [2.75, 3.05) is 32.7 Å². The van der Waals surface area contributed by atoms with Gasteiger partial charge in [0.25, 0.3) is 0 Å². The number of nitrogens with one attached hydrogen (secondary N) is 1. The molecular weight excluding hydrogens is 386 g/mol. The third kappa shape index (κ3) is 5.95. The first-order chi connectivity index (χ1) is 15.2. The van der Waals surface area contributed by atoms with Crippen LogP contribution in [-0.2, 0) is 22.4 Å². The maximum Gasteiger partial charge on any atom is 0.237 e. The highest BCUT2D eigenvalue weighted by molar-refractivity contribution is 5.88. The van der Waals surface area contributed by atoms with Gasteiger partial charge in [-0.1, -0.05) is 60.7 Å². The van der Waals surface area contributed by atoms with Crippen LogP contribution in [0.15, 0.2) is 60.7 Å². The Kier molecular flexibility index (Phi) is 7.36. The molecule has 1 atom stereocenters. The topological polar surface area (TPSA) is 52.7 Å². The Balaban J connectivity index is 1.28. The van der Waals surface area contributed by atoms with Gasteiger partial charge in [0.15, 0.2) is 0 Å². The summed E-state index contributed by atoms with van der Waals surface area (Å²) in [5, 5.41) is 2.95. The summed E-state index contributed by atoms with van der Waals surface area (Å²) < 4.78 is 0. The Morgan fingerprint density at radius 3 is 2.23 bits per heavy atom. The third-order valence-electron chi connectivity index (χ3n) is 6.67. The highest BCUT2D eigenvalue weighted by Crippen LogP contribution is 2.23. The van der Waals surface area contributed by atoms with Gasteiger partial charge in [-0.2, -0.15) is 0 Å². The van der Waals surface area contributed by atoms with Crippen molar-refractivity contribution in [1.29, 1.82) is 0 Å². The first-order valence-corrected chi connectivity index (χ1v) is 11.6. The molecule has 0 radical (unpaired) electrons. The summed E-state index contributed by atoms with van der Waals surface area (Å²) in [7, 11) is 0. The zero-order valence-corrected chi connectivity index (χ0v) is 18.2. The number of benzene rings is 2. The molecule has 2 fully saturated rings. The molecule has 1 N–H and O–H groups in total. The van der Waals surface area contributed by atoms with Crippen LogP contribution in [0.5, 0.6) is 0 Å². The van der Waals surface area contributed by atoms with Gasteiger partial charge >= 0.3 is 0 Å². The molecule has 2 aliphatic heterocycles. The Morgan fingerprint density at radius 1 is 0.903 bits per heavy atom. The van der Waals surface area contributed by atoms with Gasteiger partial charge in [-0.3, -0.25) is 14.5 Å². The number of amides is 2. The maximum atomic E-state index is 13.0. The SMILES string of the molecule is O=C1NCCN(CCc2ccccc2)C1CC(=O)N1CCC(Cc2ccccc2)CC1. The van der Waals surface area contributed by atoms with E-state index in [1.807, 2.05) is 23.1 Å². The predicted molar refractivity (Wildman–Crippen MR) is 123 cm³/mol. The highest BCUT2D eigenvalue weighted by atomic mass is 16.2. The van der Waals surface area contributed by atoms with E-state index in [0.717, 1.165) is 51.9 Å². The fourth-order valence-electron chi connectivity index (χ4n) is 4.80. The standard InChI is InChI=1S/C26H33N3O2/c30-25(29-16-12-23(13-17-29)19-22-9-5-2-6-10-22)20-24-26(31)27-14-18-28(24)15-11-21-7-3-1-4-8-21/h1-10,23-24H,11-20H2,(H,27,31). The molecule has 2 aromatic carbocycles. The van der Waals surface area contributed by atoms with Crippen LogP contribution in [0.4, 0.5) is 0 Å². The smallest absolute Gasteiger partial charge is 0.237 e. The molecule has 0 aromatic heterocycles. The molecule has 1 unspecified atom stereocenters. The predicted octanol–water partition coefficient (Wildman–Crippen LogP) is 2.90. The summed E-state index contributed by atoms with van der Waals surface area (Å²) in [5.41, 5.74) is 2.64. The van der Waals surface area contributed by atoms with Crippen molar-refractivity contribution in [3.05, 3.63) is 71.8 Å². The second-order valence-corrected chi connectivity index (χ2v) is 8.80. The fraction of sp³-hybridized carbons (Fsp3) is 0.462. The fourth-order valence-corrected chi connectivity index (χ4v) is 4.80. The van der Waals surface area contributed by atoms with E-state index in [1.165, 1.54) is 11.1 Å². The number of piperidine rings is 1. The van der Waals surface area contributed by atoms with E-state index >= 15 is 0 Å². The summed E-state index contributed by atoms with van der Waals surface area (Å²) in [4.78, 5) is 29.7. The quantitative estimate of drug-likeness (QED) is 0.751. The molecule has 0 saturated carbocycles. The zero-order valence-electron chi connectivity index (χ0n) is 18.2. The largest absolute Gasteiger partial charge is 0.353 e. The van der Waals surface area contributed by atoms with Gasteiger partial charge in [-0.15, -0.1) is 0 Å². The molecule has 31 heavy (non-hydrogen) atoms. The van der Waals surface area contributed by atoms with E-state index < -0.39 is 0 Å². The van der Waals surface area contributed by atoms with Gasteiger partial charge in [-0.05, 0) is 42.7 Å². The number of piperazine rings is 1. The molecule has 0 spiro atoms. The highest BCUT2D eigenvalue weighted by Gasteiger charge is 2.33. The van der Waals surface area contributed by atoms with E-state index in [1.54, 1.807) is 0 Å². The summed E-state index contributed by atoms with van der Waals surface area (Å²) in [6, 6.07) is 20.6. The van der Waals surface area contributed by atoms with Crippen LogP contribution in [0.3, 0.4) is 0 Å². The molecule has 2 saturated heterocycles. The van der Waals surface area contributed by atoms with Crippen LogP contribution in [0.2, 0.25) is 0 Å². The van der Waals surface area contributed by atoms with Crippen LogP contribution in [0.1, 0.15) is 30.4 Å². The number of carbonyl (C=O) groups excluding carboxylic acids is 2. The van der Waals surface area contributed by atoms with Crippen molar-refractivity contribution in [2.24, 2.45) is 5.92 Å². The lowest BCUT2D eigenvalue weighted by Crippen LogP contribution is -2.57. The molecule has 5 heteroatoms. The lowest BCUT2D eigenvalue weighted by atomic mass is 9.90. The van der Waals surface area contributed by atoms with Gasteiger partial charge in [0.2, 0.25) is 11.8 Å². The zero-order chi connectivity index (χ0) is 21.5. The number of hydrogen-bond acceptors (Lipinski definition) is 3. The minimum Gasteiger partial charge on any atom is -0.353 e. The van der Waals surface area contributed by atoms with Gasteiger partial charge in [0, 0.05) is 32.7 Å². The van der Waals surface area contributed by atoms with Crippen LogP contribution in [0.25, 0.3) is 0 Å². The Labute approximate surface area is 185 Å². The second-order valence-electron chi connectivity index (χ2n) is 8.80. The lowest BCUT2D eigenvalue weighted by molar-refractivity contribution is -0.139. The second kappa shape index (κ2) is 10.6. The molecular formula is C26H33N3O2. The van der Waals surface area contributed by atoms with E-state index in [9.17, 15) is 9.59 Å². The van der Waals surface area contributed by atoms with E-state index in [-0.39, 0.29) is 24.3 Å². The number of carbonyl (C=O) groups is 2. The minimum absolute atomic E-state index is 0.00775. The Hall–Kier alpha value is -2.66. The summed E-state index contributed by atoms with van der Waals surface area (Å²) >= 11 is 0. The van der Waals surface area contributed by atoms with Crippen molar-refractivity contribution in [1.82, 2.24) is 15.1 Å². The van der Waals surface area contributed by atoms with Crippen LogP contribution < -0.4 is 5.32 Å². The van der Waals surface area contributed by atoms with Crippen molar-refractivity contribution in [3.8, 4) is 0 Å². The molecule has 0 aliphatic carbocycles. The van der Waals surface area contributed by atoms with Crippen molar-refractivity contribution in [2.45, 2.75) is 38.1 Å². The minimum atomic E-state index is -0.355. The van der Waals surface area contributed by atoms with Crippen molar-refractivity contribution < 1.29 is 9.59 Å². The number of likely N-dealkylation sites (tertiary alicyclic amines) is 1. The molecule has 2 heterocycles. The van der Waals surface area contributed by atoms with Gasteiger partial charge in [-0.25, -0.2) is 0 Å². The molecule has 164 valence electrons. The maximum absolute atomic E-state index is 13.0. The Morgan fingerprint density at radius 2 is 1.55 bits per heavy atom. The van der Waals surface area contributed by atoms with Crippen LogP contribution in [0, 0.1) is 5.92 Å². The number of rotatable bonds is 7. The van der Waals surface area contributed by atoms with Gasteiger partial charge < -0.3 is 10.2 Å². The number of hydrogen-bond donors (Lipinski definition) is 1. The van der Waals surface area contributed by atoms with E-state index in [4.69, 9.17) is 0 Å². The Bertz CT molecular complexity index is 847. The van der Waals surface area contributed by atoms with Gasteiger partial charge in [0.05, 0.1) is 12.5 Å². The molecule has 0 bridgehead atoms. The third-order valence-corrected chi connectivity index (χ3v) is 6.67. The average Bonchev–Trinajstić information content (AvgIpc) is 2.81. The molecule has 4 rings (SSSR count). The molecule has 2 amide bonds. The number of nitrogens with zero attached hydrogens (tertiary/aromatic N) is 2. The first kappa shape index (κ1) is 21.6. The summed E-state index contributed by atoms with van der Waals surface area (Å²) in [6.45, 7) is 3.86. The summed E-state index contributed by atoms with van der Waals surface area (Å²) in [6.07, 6.45) is 4.33. The monoisotopic (exact) mass is 419 g/mol. The molecule has 2 aromatic rings. The van der Waals surface area contributed by atoms with Crippen LogP contribution in [-0.4, -0.2) is 60.4 Å². The van der Waals surface area contributed by atoms with Gasteiger partial charge in [0.1, 0.15) is 0 Å². The summed E-state index contributed by atoms with van der Waals surface area (Å²) in [5.74, 6) is 0.739. The van der Waals surface area contributed by atoms with E-state index in [0.29, 0.717) is 12.5 Å². The molecule has 2 aliphatic rings. The van der Waals surface area contributed by atoms with Crippen molar-refractivity contribution in [3.63, 3.8) is 0 Å². The normalized spacial score (nSPS) is 20.5. The van der Waals surface area contributed by atoms with E-state index in [2.05, 4.69) is 52.7 Å². The van der Waals surface area contributed by atoms with Crippen LogP contribution >= 0.6 is 0 Å². The van der Waals surface area contributed by atoms with Crippen molar-refractivity contribution >= 4 is 11.8 Å². The first-order valence-electron chi connectivity index (χ1n) is 11.6. The molecule has 5 nitrogen and oxygen atoms in total. The lowest BCUT2D eigenvalue weighted by Gasteiger charge is -2.37. The average molecular weight is 420 g/mol.